The van der Waals surface area contributed by atoms with E-state index in [9.17, 15) is 0 Å². The molecule has 1 aliphatic heterocycles. The highest BCUT2D eigenvalue weighted by Gasteiger charge is 2.35. The van der Waals surface area contributed by atoms with Crippen molar-refractivity contribution in [2.75, 3.05) is 39.6 Å². The van der Waals surface area contributed by atoms with E-state index in [0.29, 0.717) is 6.42 Å². The second kappa shape index (κ2) is 8.00. The third-order valence-corrected chi connectivity index (χ3v) is 3.66. The Morgan fingerprint density at radius 2 is 1.47 bits per heavy atom. The standard InChI is InChI=1S/C6H14O3.C6H12O2/c1-2-6(3-7,4-8)5-9;1-2-6(3-7)4-8-5-6/h7-9H,2-5H2,1H3;7H,2-5H2,1H3. The van der Waals surface area contributed by atoms with Crippen LogP contribution in [-0.4, -0.2) is 60.1 Å². The van der Waals surface area contributed by atoms with Gasteiger partial charge in [0.1, 0.15) is 0 Å². The topological polar surface area (TPSA) is 90.2 Å². The van der Waals surface area contributed by atoms with Gasteiger partial charge in [-0.3, -0.25) is 0 Å². The first-order valence-corrected chi connectivity index (χ1v) is 6.08. The molecule has 0 radical (unpaired) electrons. The van der Waals surface area contributed by atoms with Gasteiger partial charge >= 0.3 is 0 Å². The third-order valence-electron chi connectivity index (χ3n) is 3.66. The molecule has 17 heavy (non-hydrogen) atoms. The minimum atomic E-state index is -0.667. The van der Waals surface area contributed by atoms with Crippen molar-refractivity contribution in [2.45, 2.75) is 26.7 Å². The third kappa shape index (κ3) is 4.52. The first kappa shape index (κ1) is 16.8. The largest absolute Gasteiger partial charge is 0.396 e. The van der Waals surface area contributed by atoms with Crippen LogP contribution in [0.2, 0.25) is 0 Å². The average Bonchev–Trinajstić information content (AvgIpc) is 2.34. The van der Waals surface area contributed by atoms with Gasteiger partial charge in [-0.05, 0) is 12.8 Å². The zero-order valence-electron chi connectivity index (χ0n) is 10.9. The number of rotatable bonds is 6. The molecule has 0 aliphatic carbocycles. The predicted octanol–water partition coefficient (Wildman–Crippen LogP) is -0.235. The van der Waals surface area contributed by atoms with E-state index in [-0.39, 0.29) is 31.8 Å². The Bertz CT molecular complexity index is 156. The summed E-state index contributed by atoms with van der Waals surface area (Å²) in [6, 6.07) is 0. The van der Waals surface area contributed by atoms with Crippen molar-refractivity contribution in [3.05, 3.63) is 0 Å². The summed E-state index contributed by atoms with van der Waals surface area (Å²) >= 11 is 0. The smallest absolute Gasteiger partial charge is 0.0566 e. The van der Waals surface area contributed by atoms with Gasteiger partial charge in [0.05, 0.1) is 39.6 Å². The van der Waals surface area contributed by atoms with Gasteiger partial charge in [-0.15, -0.1) is 0 Å². The van der Waals surface area contributed by atoms with Crippen LogP contribution in [0.4, 0.5) is 0 Å². The van der Waals surface area contributed by atoms with Gasteiger partial charge in [0, 0.05) is 10.8 Å². The molecule has 0 unspecified atom stereocenters. The van der Waals surface area contributed by atoms with Crippen molar-refractivity contribution in [3.8, 4) is 0 Å². The molecule has 0 aromatic carbocycles. The van der Waals surface area contributed by atoms with Crippen molar-refractivity contribution in [1.82, 2.24) is 0 Å². The Morgan fingerprint density at radius 1 is 1.00 bits per heavy atom. The van der Waals surface area contributed by atoms with Crippen LogP contribution in [0.5, 0.6) is 0 Å². The second-order valence-electron chi connectivity index (χ2n) is 4.83. The fraction of sp³-hybridized carbons (Fsp3) is 1.00. The molecule has 4 N–H and O–H groups in total. The molecule has 0 aromatic rings. The Morgan fingerprint density at radius 3 is 1.47 bits per heavy atom. The molecule has 1 rings (SSSR count). The fourth-order valence-electron chi connectivity index (χ4n) is 1.28. The van der Waals surface area contributed by atoms with E-state index in [1.54, 1.807) is 0 Å². The molecule has 1 heterocycles. The number of hydrogen-bond acceptors (Lipinski definition) is 5. The summed E-state index contributed by atoms with van der Waals surface area (Å²) in [4.78, 5) is 0. The molecule has 1 aliphatic rings. The molecule has 0 spiro atoms. The molecule has 0 bridgehead atoms. The van der Waals surface area contributed by atoms with E-state index in [2.05, 4.69) is 6.92 Å². The fourth-order valence-corrected chi connectivity index (χ4v) is 1.28. The Labute approximate surface area is 103 Å². The lowest BCUT2D eigenvalue weighted by molar-refractivity contribution is -0.138. The van der Waals surface area contributed by atoms with E-state index in [4.69, 9.17) is 25.2 Å². The molecule has 104 valence electrons. The van der Waals surface area contributed by atoms with Crippen LogP contribution in [-0.2, 0) is 4.74 Å². The molecule has 1 saturated heterocycles. The van der Waals surface area contributed by atoms with E-state index < -0.39 is 5.41 Å². The lowest BCUT2D eigenvalue weighted by atomic mass is 9.84. The first-order chi connectivity index (χ1) is 8.07. The minimum absolute atomic E-state index is 0.139. The van der Waals surface area contributed by atoms with Gasteiger partial charge < -0.3 is 25.2 Å². The highest BCUT2D eigenvalue weighted by atomic mass is 16.5. The van der Waals surface area contributed by atoms with Crippen LogP contribution in [0.25, 0.3) is 0 Å². The maximum atomic E-state index is 8.76. The van der Waals surface area contributed by atoms with Crippen molar-refractivity contribution in [3.63, 3.8) is 0 Å². The maximum Gasteiger partial charge on any atom is 0.0566 e. The lowest BCUT2D eigenvalue weighted by Crippen LogP contribution is -2.44. The van der Waals surface area contributed by atoms with Crippen molar-refractivity contribution in [1.29, 1.82) is 0 Å². The van der Waals surface area contributed by atoms with E-state index in [0.717, 1.165) is 19.6 Å². The number of aliphatic hydroxyl groups is 4. The van der Waals surface area contributed by atoms with Gasteiger partial charge in [-0.1, -0.05) is 13.8 Å². The van der Waals surface area contributed by atoms with Crippen LogP contribution >= 0.6 is 0 Å². The van der Waals surface area contributed by atoms with E-state index in [1.165, 1.54) is 0 Å². The first-order valence-electron chi connectivity index (χ1n) is 6.08. The van der Waals surface area contributed by atoms with Gasteiger partial charge in [-0.25, -0.2) is 0 Å². The number of ether oxygens (including phenoxy) is 1. The van der Waals surface area contributed by atoms with Crippen LogP contribution in [0, 0.1) is 10.8 Å². The lowest BCUT2D eigenvalue weighted by Gasteiger charge is -2.38. The Balaban J connectivity index is 0.000000302. The summed E-state index contributed by atoms with van der Waals surface area (Å²) in [6.07, 6.45) is 1.62. The quantitative estimate of drug-likeness (QED) is 0.522. The molecule has 5 nitrogen and oxygen atoms in total. The van der Waals surface area contributed by atoms with Gasteiger partial charge in [0.2, 0.25) is 0 Å². The summed E-state index contributed by atoms with van der Waals surface area (Å²) in [5.74, 6) is 0. The average molecular weight is 250 g/mol. The minimum Gasteiger partial charge on any atom is -0.396 e. The highest BCUT2D eigenvalue weighted by Crippen LogP contribution is 2.29. The molecule has 5 heteroatoms. The van der Waals surface area contributed by atoms with Crippen molar-refractivity contribution < 1.29 is 25.2 Å². The molecule has 0 atom stereocenters. The summed E-state index contributed by atoms with van der Waals surface area (Å²) in [7, 11) is 0. The van der Waals surface area contributed by atoms with Crippen LogP contribution < -0.4 is 0 Å². The summed E-state index contributed by atoms with van der Waals surface area (Å²) in [6.45, 7) is 5.22. The summed E-state index contributed by atoms with van der Waals surface area (Å²) in [5.41, 5.74) is -0.528. The zero-order valence-corrected chi connectivity index (χ0v) is 10.9. The molecule has 0 aromatic heterocycles. The Kier molecular flexibility index (Phi) is 7.91. The predicted molar refractivity (Wildman–Crippen MR) is 64.6 cm³/mol. The zero-order chi connectivity index (χ0) is 13.4. The van der Waals surface area contributed by atoms with E-state index in [1.807, 2.05) is 6.92 Å². The van der Waals surface area contributed by atoms with Crippen LogP contribution in [0.3, 0.4) is 0 Å². The number of hydrogen-bond donors (Lipinski definition) is 4. The number of aliphatic hydroxyl groups excluding tert-OH is 4. The maximum absolute atomic E-state index is 8.76. The monoisotopic (exact) mass is 250 g/mol. The molecular weight excluding hydrogens is 224 g/mol. The van der Waals surface area contributed by atoms with E-state index >= 15 is 0 Å². The van der Waals surface area contributed by atoms with Crippen LogP contribution in [0.15, 0.2) is 0 Å². The van der Waals surface area contributed by atoms with Crippen LogP contribution in [0.1, 0.15) is 26.7 Å². The van der Waals surface area contributed by atoms with Crippen molar-refractivity contribution in [2.24, 2.45) is 10.8 Å². The van der Waals surface area contributed by atoms with Crippen molar-refractivity contribution >= 4 is 0 Å². The van der Waals surface area contributed by atoms with Gasteiger partial charge in [0.15, 0.2) is 0 Å². The van der Waals surface area contributed by atoms with Gasteiger partial charge in [-0.2, -0.15) is 0 Å². The summed E-state index contributed by atoms with van der Waals surface area (Å²) in [5, 5.41) is 34.7. The summed E-state index contributed by atoms with van der Waals surface area (Å²) < 4.78 is 4.96. The second-order valence-corrected chi connectivity index (χ2v) is 4.83. The molecule has 0 amide bonds. The Hall–Kier alpha value is -0.200. The highest BCUT2D eigenvalue weighted by molar-refractivity contribution is 4.82. The molecule has 1 fully saturated rings. The molecule has 0 saturated carbocycles. The van der Waals surface area contributed by atoms with Gasteiger partial charge in [0.25, 0.3) is 0 Å². The normalized spacial score (nSPS) is 18.0. The SMILES string of the molecule is CCC(CO)(CO)CO.CCC1(CO)COC1. The molecular formula is C12H26O5.